The van der Waals surface area contributed by atoms with Crippen molar-refractivity contribution in [2.75, 3.05) is 26.3 Å². The predicted molar refractivity (Wildman–Crippen MR) is 113 cm³/mol. The summed E-state index contributed by atoms with van der Waals surface area (Å²) in [6.45, 7) is 1.69. The monoisotopic (exact) mass is 430 g/mol. The normalized spacial score (nSPS) is 14.7. The van der Waals surface area contributed by atoms with Crippen molar-refractivity contribution in [3.8, 4) is 17.2 Å². The molecule has 0 saturated carbocycles. The number of carbonyl (C=O) groups is 2. The van der Waals surface area contributed by atoms with E-state index in [0.29, 0.717) is 39.8 Å². The minimum atomic E-state index is -1.19. The fourth-order valence-electron chi connectivity index (χ4n) is 3.02. The van der Waals surface area contributed by atoms with Gasteiger partial charge in [-0.25, -0.2) is 4.79 Å². The number of hydrogen-bond acceptors (Lipinski definition) is 6. The van der Waals surface area contributed by atoms with Crippen molar-refractivity contribution < 1.29 is 28.9 Å². The molecule has 1 aliphatic heterocycles. The van der Waals surface area contributed by atoms with Gasteiger partial charge in [0.2, 0.25) is 5.75 Å². The van der Waals surface area contributed by atoms with Crippen molar-refractivity contribution in [1.29, 1.82) is 0 Å². The van der Waals surface area contributed by atoms with E-state index in [9.17, 15) is 14.7 Å². The first kappa shape index (κ1) is 21.2. The van der Waals surface area contributed by atoms with Gasteiger partial charge in [0.05, 0.1) is 48.9 Å². The molecule has 0 spiro atoms. The van der Waals surface area contributed by atoms with Crippen LogP contribution in [-0.4, -0.2) is 44.0 Å². The molecule has 0 radical (unpaired) electrons. The summed E-state index contributed by atoms with van der Waals surface area (Å²) in [5, 5.41) is 14.8. The molecule has 1 N–H and O–H groups in total. The number of carboxylic acid groups (broad SMARTS) is 1. The molecule has 3 rings (SSSR count). The molecule has 0 unspecified atom stereocenters. The molecule has 30 heavy (non-hydrogen) atoms. The van der Waals surface area contributed by atoms with Gasteiger partial charge >= 0.3 is 5.97 Å². The van der Waals surface area contributed by atoms with E-state index < -0.39 is 11.9 Å². The summed E-state index contributed by atoms with van der Waals surface area (Å²) >= 11 is 5.92. The van der Waals surface area contributed by atoms with Crippen molar-refractivity contribution in [2.45, 2.75) is 6.92 Å². The molecule has 8 nitrogen and oxygen atoms in total. The minimum Gasteiger partial charge on any atom is -0.493 e. The summed E-state index contributed by atoms with van der Waals surface area (Å²) in [5.41, 5.74) is 1.65. The average molecular weight is 431 g/mol. The number of ether oxygens (including phenoxy) is 3. The van der Waals surface area contributed by atoms with Crippen molar-refractivity contribution in [3.05, 3.63) is 52.1 Å². The third kappa shape index (κ3) is 3.81. The van der Waals surface area contributed by atoms with Crippen molar-refractivity contribution in [3.63, 3.8) is 0 Å². The molecule has 9 heteroatoms. The third-order valence-corrected chi connectivity index (χ3v) is 4.82. The standard InChI is InChI=1S/C21H19ClN2O6/c1-11-14(7-12-8-17(28-2)19(30-4)18(9-12)29-3)20(25)24(23-11)13-5-6-16(22)15(10-13)21(26)27/h5-10H,1-4H3,(H,26,27)/b14-7-. The van der Waals surface area contributed by atoms with E-state index in [1.807, 2.05) is 0 Å². The van der Waals surface area contributed by atoms with E-state index in [-0.39, 0.29) is 10.6 Å². The number of carboxylic acids is 1. The fraction of sp³-hybridized carbons (Fsp3) is 0.190. The van der Waals surface area contributed by atoms with Crippen LogP contribution in [0, 0.1) is 0 Å². The van der Waals surface area contributed by atoms with Crippen LogP contribution in [0.5, 0.6) is 17.2 Å². The smallest absolute Gasteiger partial charge is 0.337 e. The lowest BCUT2D eigenvalue weighted by molar-refractivity contribution is -0.114. The van der Waals surface area contributed by atoms with Crippen molar-refractivity contribution in [1.82, 2.24) is 0 Å². The van der Waals surface area contributed by atoms with Gasteiger partial charge in [0.15, 0.2) is 11.5 Å². The molecule has 0 atom stereocenters. The average Bonchev–Trinajstić information content (AvgIpc) is 3.01. The number of amides is 1. The molecule has 2 aromatic rings. The summed E-state index contributed by atoms with van der Waals surface area (Å²) in [6.07, 6.45) is 1.65. The van der Waals surface area contributed by atoms with E-state index in [2.05, 4.69) is 5.10 Å². The Hall–Kier alpha value is -3.52. The number of benzene rings is 2. The van der Waals surface area contributed by atoms with Gasteiger partial charge < -0.3 is 19.3 Å². The van der Waals surface area contributed by atoms with E-state index in [4.69, 9.17) is 25.8 Å². The van der Waals surface area contributed by atoms with Gasteiger partial charge in [-0.1, -0.05) is 11.6 Å². The fourth-order valence-corrected chi connectivity index (χ4v) is 3.22. The van der Waals surface area contributed by atoms with E-state index >= 15 is 0 Å². The van der Waals surface area contributed by atoms with Gasteiger partial charge in [0.25, 0.3) is 5.91 Å². The van der Waals surface area contributed by atoms with Crippen molar-refractivity contribution >= 4 is 41.0 Å². The second-order valence-corrected chi connectivity index (χ2v) is 6.70. The Labute approximate surface area is 177 Å². The third-order valence-electron chi connectivity index (χ3n) is 4.49. The highest BCUT2D eigenvalue weighted by molar-refractivity contribution is 6.34. The molecule has 1 heterocycles. The van der Waals surface area contributed by atoms with Crippen LogP contribution in [-0.2, 0) is 4.79 Å². The summed E-state index contributed by atoms with van der Waals surface area (Å²) in [6, 6.07) is 7.68. The van der Waals surface area contributed by atoms with Crippen LogP contribution in [0.3, 0.4) is 0 Å². The van der Waals surface area contributed by atoms with Crippen LogP contribution in [0.2, 0.25) is 5.02 Å². The molecule has 0 aromatic heterocycles. The number of rotatable bonds is 6. The zero-order chi connectivity index (χ0) is 22.0. The maximum Gasteiger partial charge on any atom is 0.337 e. The minimum absolute atomic E-state index is 0.0757. The number of nitrogens with zero attached hydrogens (tertiary/aromatic N) is 2. The molecular weight excluding hydrogens is 412 g/mol. The van der Waals surface area contributed by atoms with Gasteiger partial charge in [0, 0.05) is 0 Å². The highest BCUT2D eigenvalue weighted by Crippen LogP contribution is 2.39. The lowest BCUT2D eigenvalue weighted by atomic mass is 10.1. The molecule has 156 valence electrons. The Morgan fingerprint density at radius 2 is 1.73 bits per heavy atom. The second kappa shape index (κ2) is 8.46. The van der Waals surface area contributed by atoms with E-state index in [1.165, 1.54) is 39.5 Å². The number of halogens is 1. The molecular formula is C21H19ClN2O6. The summed E-state index contributed by atoms with van der Waals surface area (Å²) in [5.74, 6) is -0.259. The van der Waals surface area contributed by atoms with Gasteiger partial charge in [-0.3, -0.25) is 4.79 Å². The maximum atomic E-state index is 13.0. The number of carbonyl (C=O) groups excluding carboxylic acids is 1. The van der Waals surface area contributed by atoms with E-state index in [1.54, 1.807) is 25.1 Å². The predicted octanol–water partition coefficient (Wildman–Crippen LogP) is 3.87. The van der Waals surface area contributed by atoms with Gasteiger partial charge in [0.1, 0.15) is 0 Å². The topological polar surface area (TPSA) is 97.7 Å². The highest BCUT2D eigenvalue weighted by Gasteiger charge is 2.29. The van der Waals surface area contributed by atoms with Crippen LogP contribution < -0.4 is 19.2 Å². The first-order valence-corrected chi connectivity index (χ1v) is 9.13. The SMILES string of the molecule is COc1cc(/C=C2\C(=O)N(c3ccc(Cl)c(C(=O)O)c3)N=C2C)cc(OC)c1OC. The Morgan fingerprint density at radius 3 is 2.27 bits per heavy atom. The van der Waals surface area contributed by atoms with Crippen LogP contribution in [0.1, 0.15) is 22.8 Å². The number of hydrogen-bond donors (Lipinski definition) is 1. The maximum absolute atomic E-state index is 13.0. The van der Waals surface area contributed by atoms with Gasteiger partial charge in [-0.15, -0.1) is 0 Å². The molecule has 0 fully saturated rings. The Morgan fingerprint density at radius 1 is 1.10 bits per heavy atom. The zero-order valence-corrected chi connectivity index (χ0v) is 17.5. The lowest BCUT2D eigenvalue weighted by Crippen LogP contribution is -2.21. The largest absolute Gasteiger partial charge is 0.493 e. The van der Waals surface area contributed by atoms with Crippen LogP contribution >= 0.6 is 11.6 Å². The lowest BCUT2D eigenvalue weighted by Gasteiger charge is -2.14. The summed E-state index contributed by atoms with van der Waals surface area (Å²) in [7, 11) is 4.51. The molecule has 1 amide bonds. The Kier molecular flexibility index (Phi) is 5.98. The highest BCUT2D eigenvalue weighted by atomic mass is 35.5. The molecule has 2 aromatic carbocycles. The number of hydrazone groups is 1. The van der Waals surface area contributed by atoms with Crippen LogP contribution in [0.15, 0.2) is 41.0 Å². The Bertz CT molecular complexity index is 1070. The molecule has 0 aliphatic carbocycles. The van der Waals surface area contributed by atoms with E-state index in [0.717, 1.165) is 5.01 Å². The van der Waals surface area contributed by atoms with Gasteiger partial charge in [-0.2, -0.15) is 10.1 Å². The zero-order valence-electron chi connectivity index (χ0n) is 16.7. The van der Waals surface area contributed by atoms with Gasteiger partial charge in [-0.05, 0) is 48.9 Å². The number of anilines is 1. The first-order chi connectivity index (χ1) is 14.3. The molecule has 0 saturated heterocycles. The van der Waals surface area contributed by atoms with Crippen molar-refractivity contribution in [2.24, 2.45) is 5.10 Å². The summed E-state index contributed by atoms with van der Waals surface area (Å²) in [4.78, 5) is 24.3. The number of methoxy groups -OCH3 is 3. The second-order valence-electron chi connectivity index (χ2n) is 6.29. The quantitative estimate of drug-likeness (QED) is 0.698. The Balaban J connectivity index is 2.01. The summed E-state index contributed by atoms with van der Waals surface area (Å²) < 4.78 is 16.0. The molecule has 0 bridgehead atoms. The number of aromatic carboxylic acids is 1. The van der Waals surface area contributed by atoms with Crippen LogP contribution in [0.25, 0.3) is 6.08 Å². The van der Waals surface area contributed by atoms with Crippen LogP contribution in [0.4, 0.5) is 5.69 Å². The first-order valence-electron chi connectivity index (χ1n) is 8.75. The molecule has 1 aliphatic rings.